The molecule has 21 heavy (non-hydrogen) atoms. The minimum atomic E-state index is 0.328. The molecule has 104 valence electrons. The molecule has 0 saturated carbocycles. The molecule has 2 nitrogen and oxygen atoms in total. The summed E-state index contributed by atoms with van der Waals surface area (Å²) >= 11 is 0. The van der Waals surface area contributed by atoms with Crippen LogP contribution >= 0.6 is 0 Å². The fraction of sp³-hybridized carbons (Fsp3) is 0.105. The molecular formula is C19H17NO. The number of nitrogens with zero attached hydrogens (tertiary/aromatic N) is 1. The fourth-order valence-corrected chi connectivity index (χ4v) is 2.53. The lowest BCUT2D eigenvalue weighted by molar-refractivity contribution is 0.477. The minimum Gasteiger partial charge on any atom is -0.507 e. The highest BCUT2D eigenvalue weighted by molar-refractivity contribution is 5.73. The van der Waals surface area contributed by atoms with Crippen LogP contribution in [0, 0.1) is 0 Å². The van der Waals surface area contributed by atoms with Crippen LogP contribution < -0.4 is 0 Å². The summed E-state index contributed by atoms with van der Waals surface area (Å²) in [6.07, 6.45) is 5.55. The van der Waals surface area contributed by atoms with Crippen LogP contribution in [-0.4, -0.2) is 10.1 Å². The Kier molecular flexibility index (Phi) is 3.97. The first-order chi connectivity index (χ1) is 10.3. The van der Waals surface area contributed by atoms with E-state index in [2.05, 4.69) is 17.1 Å². The van der Waals surface area contributed by atoms with Crippen LogP contribution in [0.4, 0.5) is 0 Å². The summed E-state index contributed by atoms with van der Waals surface area (Å²) in [5.41, 5.74) is 4.51. The number of pyridine rings is 1. The SMILES string of the molecule is Oc1ccccc1-c1ccccc1CCc1ccncc1. The van der Waals surface area contributed by atoms with Gasteiger partial charge in [0.1, 0.15) is 5.75 Å². The molecule has 0 amide bonds. The third kappa shape index (κ3) is 3.11. The van der Waals surface area contributed by atoms with Crippen LogP contribution in [0.15, 0.2) is 73.1 Å². The van der Waals surface area contributed by atoms with Crippen molar-refractivity contribution in [1.82, 2.24) is 4.98 Å². The summed E-state index contributed by atoms with van der Waals surface area (Å²) in [7, 11) is 0. The molecule has 1 N–H and O–H groups in total. The molecule has 2 aromatic carbocycles. The number of aromatic hydroxyl groups is 1. The van der Waals surface area contributed by atoms with Crippen molar-refractivity contribution < 1.29 is 5.11 Å². The van der Waals surface area contributed by atoms with Gasteiger partial charge in [-0.05, 0) is 47.7 Å². The molecule has 0 unspecified atom stereocenters. The summed E-state index contributed by atoms with van der Waals surface area (Å²) < 4.78 is 0. The van der Waals surface area contributed by atoms with Crippen molar-refractivity contribution in [3.63, 3.8) is 0 Å². The van der Waals surface area contributed by atoms with E-state index in [9.17, 15) is 5.11 Å². The Balaban J connectivity index is 1.88. The standard InChI is InChI=1S/C19H17NO/c21-19-8-4-3-7-18(19)17-6-2-1-5-16(17)10-9-15-11-13-20-14-12-15/h1-8,11-14,21H,9-10H2. The highest BCUT2D eigenvalue weighted by atomic mass is 16.3. The highest BCUT2D eigenvalue weighted by Gasteiger charge is 2.08. The van der Waals surface area contributed by atoms with E-state index in [1.807, 2.05) is 54.9 Å². The second kappa shape index (κ2) is 6.23. The average molecular weight is 275 g/mol. The topological polar surface area (TPSA) is 33.1 Å². The first-order valence-corrected chi connectivity index (χ1v) is 7.10. The van der Waals surface area contributed by atoms with E-state index in [1.165, 1.54) is 11.1 Å². The highest BCUT2D eigenvalue weighted by Crippen LogP contribution is 2.31. The third-order valence-electron chi connectivity index (χ3n) is 3.64. The van der Waals surface area contributed by atoms with Gasteiger partial charge < -0.3 is 5.11 Å². The van der Waals surface area contributed by atoms with Crippen LogP contribution in [0.3, 0.4) is 0 Å². The maximum absolute atomic E-state index is 10.1. The van der Waals surface area contributed by atoms with E-state index in [0.29, 0.717) is 5.75 Å². The predicted octanol–water partition coefficient (Wildman–Crippen LogP) is 4.24. The molecule has 0 aliphatic carbocycles. The van der Waals surface area contributed by atoms with Crippen molar-refractivity contribution in [2.45, 2.75) is 12.8 Å². The zero-order valence-electron chi connectivity index (χ0n) is 11.7. The molecule has 0 atom stereocenters. The van der Waals surface area contributed by atoms with Gasteiger partial charge in [0.05, 0.1) is 0 Å². The number of hydrogen-bond acceptors (Lipinski definition) is 2. The van der Waals surface area contributed by atoms with Gasteiger partial charge in [0.15, 0.2) is 0 Å². The maximum atomic E-state index is 10.1. The average Bonchev–Trinajstić information content (AvgIpc) is 2.55. The number of phenols is 1. The molecular weight excluding hydrogens is 258 g/mol. The van der Waals surface area contributed by atoms with E-state index < -0.39 is 0 Å². The fourth-order valence-electron chi connectivity index (χ4n) is 2.53. The molecule has 3 rings (SSSR count). The van der Waals surface area contributed by atoms with Crippen molar-refractivity contribution in [3.05, 3.63) is 84.2 Å². The first-order valence-electron chi connectivity index (χ1n) is 7.10. The van der Waals surface area contributed by atoms with Crippen LogP contribution in [0.5, 0.6) is 5.75 Å². The van der Waals surface area contributed by atoms with Crippen molar-refractivity contribution in [2.75, 3.05) is 0 Å². The van der Waals surface area contributed by atoms with Crippen molar-refractivity contribution in [3.8, 4) is 16.9 Å². The van der Waals surface area contributed by atoms with Gasteiger partial charge in [-0.3, -0.25) is 4.98 Å². The van der Waals surface area contributed by atoms with Gasteiger partial charge in [-0.25, -0.2) is 0 Å². The van der Waals surface area contributed by atoms with Gasteiger partial charge in [0.2, 0.25) is 0 Å². The lowest BCUT2D eigenvalue weighted by Gasteiger charge is -2.11. The van der Waals surface area contributed by atoms with Crippen LogP contribution in [0.25, 0.3) is 11.1 Å². The summed E-state index contributed by atoms with van der Waals surface area (Å²) in [6, 6.07) is 19.8. The number of hydrogen-bond donors (Lipinski definition) is 1. The Bertz CT molecular complexity index is 722. The minimum absolute atomic E-state index is 0.328. The van der Waals surface area contributed by atoms with Gasteiger partial charge in [-0.2, -0.15) is 0 Å². The van der Waals surface area contributed by atoms with Crippen LogP contribution in [0.1, 0.15) is 11.1 Å². The van der Waals surface area contributed by atoms with Crippen LogP contribution in [-0.2, 0) is 12.8 Å². The number of rotatable bonds is 4. The van der Waals surface area contributed by atoms with E-state index in [0.717, 1.165) is 24.0 Å². The van der Waals surface area contributed by atoms with Crippen LogP contribution in [0.2, 0.25) is 0 Å². The van der Waals surface area contributed by atoms with E-state index in [-0.39, 0.29) is 0 Å². The monoisotopic (exact) mass is 275 g/mol. The second-order valence-corrected chi connectivity index (χ2v) is 5.03. The van der Waals surface area contributed by atoms with Crippen molar-refractivity contribution >= 4 is 0 Å². The Morgan fingerprint density at radius 3 is 2.14 bits per heavy atom. The summed E-state index contributed by atoms with van der Waals surface area (Å²) in [4.78, 5) is 4.04. The van der Waals surface area contributed by atoms with E-state index in [4.69, 9.17) is 0 Å². The molecule has 0 radical (unpaired) electrons. The Labute approximate surface area is 124 Å². The van der Waals surface area contributed by atoms with Gasteiger partial charge in [0.25, 0.3) is 0 Å². The molecule has 0 spiro atoms. The van der Waals surface area contributed by atoms with Crippen molar-refractivity contribution in [2.24, 2.45) is 0 Å². The lowest BCUT2D eigenvalue weighted by atomic mass is 9.95. The van der Waals surface area contributed by atoms with Gasteiger partial charge in [0, 0.05) is 18.0 Å². The van der Waals surface area contributed by atoms with Crippen molar-refractivity contribution in [1.29, 1.82) is 0 Å². The smallest absolute Gasteiger partial charge is 0.123 e. The quantitative estimate of drug-likeness (QED) is 0.772. The molecule has 1 heterocycles. The zero-order valence-corrected chi connectivity index (χ0v) is 11.7. The summed E-state index contributed by atoms with van der Waals surface area (Å²) in [5, 5.41) is 10.1. The molecule has 2 heteroatoms. The number of aromatic nitrogens is 1. The van der Waals surface area contributed by atoms with Gasteiger partial charge >= 0.3 is 0 Å². The molecule has 0 aliphatic rings. The van der Waals surface area contributed by atoms with E-state index in [1.54, 1.807) is 6.07 Å². The Hall–Kier alpha value is -2.61. The van der Waals surface area contributed by atoms with Gasteiger partial charge in [-0.1, -0.05) is 42.5 Å². The number of para-hydroxylation sites is 1. The lowest BCUT2D eigenvalue weighted by Crippen LogP contribution is -1.94. The maximum Gasteiger partial charge on any atom is 0.123 e. The predicted molar refractivity (Wildman–Crippen MR) is 85.2 cm³/mol. The first kappa shape index (κ1) is 13.4. The Morgan fingerprint density at radius 2 is 1.38 bits per heavy atom. The number of phenolic OH excluding ortho intramolecular Hbond substituents is 1. The molecule has 3 aromatic rings. The molecule has 0 bridgehead atoms. The molecule has 0 aliphatic heterocycles. The second-order valence-electron chi connectivity index (χ2n) is 5.03. The van der Waals surface area contributed by atoms with E-state index >= 15 is 0 Å². The normalized spacial score (nSPS) is 10.5. The molecule has 0 saturated heterocycles. The summed E-state index contributed by atoms with van der Waals surface area (Å²) in [5.74, 6) is 0.328. The number of aryl methyl sites for hydroxylation is 2. The summed E-state index contributed by atoms with van der Waals surface area (Å²) in [6.45, 7) is 0. The molecule has 1 aromatic heterocycles. The number of benzene rings is 2. The molecule has 0 fully saturated rings. The third-order valence-corrected chi connectivity index (χ3v) is 3.64. The Morgan fingerprint density at radius 1 is 0.714 bits per heavy atom. The largest absolute Gasteiger partial charge is 0.507 e. The zero-order chi connectivity index (χ0) is 14.5. The van der Waals surface area contributed by atoms with Gasteiger partial charge in [-0.15, -0.1) is 0 Å².